The van der Waals surface area contributed by atoms with Gasteiger partial charge in [0, 0.05) is 17.3 Å². The smallest absolute Gasteiger partial charge is 0.183 e. The van der Waals surface area contributed by atoms with E-state index < -0.39 is 0 Å². The Labute approximate surface area is 122 Å². The number of nitrogens with one attached hydrogen (secondary N) is 1. The summed E-state index contributed by atoms with van der Waals surface area (Å²) in [6, 6.07) is 0.477. The highest BCUT2D eigenvalue weighted by Crippen LogP contribution is 2.46. The maximum Gasteiger partial charge on any atom is 0.183 e. The number of nitrogens with zero attached hydrogens (tertiary/aromatic N) is 2. The van der Waals surface area contributed by atoms with Gasteiger partial charge in [0.2, 0.25) is 0 Å². The molecule has 2 aromatic rings. The van der Waals surface area contributed by atoms with Crippen LogP contribution < -0.4 is 5.32 Å². The summed E-state index contributed by atoms with van der Waals surface area (Å²) in [5, 5.41) is 7.78. The topological polar surface area (TPSA) is 37.8 Å². The lowest BCUT2D eigenvalue weighted by Crippen LogP contribution is -2.12. The first-order chi connectivity index (χ1) is 9.17. The predicted molar refractivity (Wildman–Crippen MR) is 83.3 cm³/mol. The van der Waals surface area contributed by atoms with Crippen molar-refractivity contribution in [2.45, 2.75) is 52.0 Å². The molecule has 1 N–H and O–H groups in total. The van der Waals surface area contributed by atoms with Crippen LogP contribution in [0.4, 0.5) is 5.13 Å². The summed E-state index contributed by atoms with van der Waals surface area (Å²) in [7, 11) is 0. The molecule has 0 radical (unpaired) electrons. The van der Waals surface area contributed by atoms with Crippen LogP contribution >= 0.6 is 22.7 Å². The minimum Gasteiger partial charge on any atom is -0.359 e. The van der Waals surface area contributed by atoms with Gasteiger partial charge in [-0.2, -0.15) is 0 Å². The maximum absolute atomic E-state index is 4.73. The summed E-state index contributed by atoms with van der Waals surface area (Å²) in [4.78, 5) is 10.7. The van der Waals surface area contributed by atoms with E-state index >= 15 is 0 Å². The first-order valence-electron chi connectivity index (χ1n) is 6.87. The Hall–Kier alpha value is -0.940. The first-order valence-corrected chi connectivity index (χ1v) is 8.56. The molecule has 0 aliphatic heterocycles. The van der Waals surface area contributed by atoms with Crippen LogP contribution in [0.1, 0.15) is 49.7 Å². The van der Waals surface area contributed by atoms with Gasteiger partial charge < -0.3 is 5.32 Å². The van der Waals surface area contributed by atoms with E-state index in [9.17, 15) is 0 Å². The third kappa shape index (κ3) is 2.82. The van der Waals surface area contributed by atoms with Crippen LogP contribution in [0, 0.1) is 6.92 Å². The van der Waals surface area contributed by atoms with Gasteiger partial charge in [-0.1, -0.05) is 6.92 Å². The summed E-state index contributed by atoms with van der Waals surface area (Å²) < 4.78 is 0. The number of hydrogen-bond donors (Lipinski definition) is 1. The number of aromatic nitrogens is 2. The van der Waals surface area contributed by atoms with Crippen LogP contribution in [0.2, 0.25) is 0 Å². The largest absolute Gasteiger partial charge is 0.359 e. The quantitative estimate of drug-likeness (QED) is 0.871. The van der Waals surface area contributed by atoms with Crippen LogP contribution in [0.3, 0.4) is 0 Å². The van der Waals surface area contributed by atoms with Gasteiger partial charge in [-0.15, -0.1) is 22.7 Å². The molecule has 1 unspecified atom stereocenters. The van der Waals surface area contributed by atoms with Gasteiger partial charge in [0.15, 0.2) is 5.13 Å². The fourth-order valence-corrected chi connectivity index (χ4v) is 3.87. The molecule has 0 saturated heterocycles. The van der Waals surface area contributed by atoms with Crippen molar-refractivity contribution in [2.24, 2.45) is 0 Å². The van der Waals surface area contributed by atoms with E-state index in [4.69, 9.17) is 9.97 Å². The van der Waals surface area contributed by atoms with Gasteiger partial charge in [0.05, 0.1) is 21.3 Å². The van der Waals surface area contributed by atoms with E-state index in [0.29, 0.717) is 12.0 Å². The van der Waals surface area contributed by atoms with Crippen molar-refractivity contribution in [3.8, 4) is 10.6 Å². The van der Waals surface area contributed by atoms with Gasteiger partial charge in [-0.05, 0) is 33.1 Å². The van der Waals surface area contributed by atoms with E-state index in [0.717, 1.165) is 22.3 Å². The van der Waals surface area contributed by atoms with Crippen LogP contribution in [-0.2, 0) is 0 Å². The zero-order valence-electron chi connectivity index (χ0n) is 11.6. The molecule has 3 rings (SSSR count). The SMILES string of the molecule is CCC(C)Nc1nc(-c2sc(C)nc2C2CC2)cs1. The molecule has 5 heteroatoms. The summed E-state index contributed by atoms with van der Waals surface area (Å²) >= 11 is 3.47. The second kappa shape index (κ2) is 5.21. The molecule has 1 saturated carbocycles. The molecule has 1 atom stereocenters. The zero-order valence-corrected chi connectivity index (χ0v) is 13.2. The summed E-state index contributed by atoms with van der Waals surface area (Å²) in [6.45, 7) is 6.46. The predicted octanol–water partition coefficient (Wildman–Crippen LogP) is 4.66. The molecule has 0 bridgehead atoms. The maximum atomic E-state index is 4.73. The molecule has 3 nitrogen and oxygen atoms in total. The number of rotatable bonds is 5. The van der Waals surface area contributed by atoms with E-state index in [1.54, 1.807) is 22.7 Å². The Morgan fingerprint density at radius 2 is 2.21 bits per heavy atom. The monoisotopic (exact) mass is 293 g/mol. The molecule has 102 valence electrons. The highest BCUT2D eigenvalue weighted by atomic mass is 32.1. The fraction of sp³-hybridized carbons (Fsp3) is 0.571. The lowest BCUT2D eigenvalue weighted by Gasteiger charge is -2.08. The molecular weight excluding hydrogens is 274 g/mol. The fourth-order valence-electron chi connectivity index (χ4n) is 2.02. The van der Waals surface area contributed by atoms with Crippen molar-refractivity contribution >= 4 is 27.8 Å². The van der Waals surface area contributed by atoms with Crippen LogP contribution in [0.5, 0.6) is 0 Å². The standard InChI is InChI=1S/C14H19N3S2/c1-4-8(2)15-14-17-11(7-18-14)13-12(10-5-6-10)16-9(3)19-13/h7-8,10H,4-6H2,1-3H3,(H,15,17). The molecule has 0 aromatic carbocycles. The number of thiazole rings is 2. The Morgan fingerprint density at radius 1 is 1.42 bits per heavy atom. The Bertz CT molecular complexity index is 569. The Balaban J connectivity index is 1.86. The normalized spacial score (nSPS) is 16.6. The minimum absolute atomic E-state index is 0.477. The molecule has 2 aromatic heterocycles. The number of aryl methyl sites for hydroxylation is 1. The Kier molecular flexibility index (Phi) is 3.58. The molecule has 1 fully saturated rings. The second-order valence-corrected chi connectivity index (χ2v) is 7.27. The summed E-state index contributed by atoms with van der Waals surface area (Å²) in [6.07, 6.45) is 3.69. The van der Waals surface area contributed by atoms with Gasteiger partial charge in [-0.3, -0.25) is 0 Å². The van der Waals surface area contributed by atoms with Crippen molar-refractivity contribution in [1.29, 1.82) is 0 Å². The average Bonchev–Trinajstić information content (AvgIpc) is 3.02. The van der Waals surface area contributed by atoms with Crippen LogP contribution in [-0.4, -0.2) is 16.0 Å². The van der Waals surface area contributed by atoms with Crippen LogP contribution in [0.25, 0.3) is 10.6 Å². The average molecular weight is 293 g/mol. The van der Waals surface area contributed by atoms with Gasteiger partial charge in [0.1, 0.15) is 0 Å². The number of anilines is 1. The van der Waals surface area contributed by atoms with Crippen molar-refractivity contribution in [1.82, 2.24) is 9.97 Å². The third-order valence-corrected chi connectivity index (χ3v) is 5.23. The highest BCUT2D eigenvalue weighted by Gasteiger charge is 2.30. The van der Waals surface area contributed by atoms with Crippen LogP contribution in [0.15, 0.2) is 5.38 Å². The molecule has 0 amide bonds. The lowest BCUT2D eigenvalue weighted by atomic mass is 10.2. The molecule has 1 aliphatic rings. The highest BCUT2D eigenvalue weighted by molar-refractivity contribution is 7.16. The van der Waals surface area contributed by atoms with E-state index in [1.807, 2.05) is 0 Å². The van der Waals surface area contributed by atoms with Crippen molar-refractivity contribution in [3.05, 3.63) is 16.1 Å². The third-order valence-electron chi connectivity index (χ3n) is 3.44. The zero-order chi connectivity index (χ0) is 13.4. The van der Waals surface area contributed by atoms with Gasteiger partial charge >= 0.3 is 0 Å². The second-order valence-electron chi connectivity index (χ2n) is 5.21. The Morgan fingerprint density at radius 3 is 2.89 bits per heavy atom. The molecular formula is C14H19N3S2. The van der Waals surface area contributed by atoms with Crippen molar-refractivity contribution in [3.63, 3.8) is 0 Å². The van der Waals surface area contributed by atoms with E-state index in [2.05, 4.69) is 31.5 Å². The van der Waals surface area contributed by atoms with Crippen molar-refractivity contribution < 1.29 is 0 Å². The van der Waals surface area contributed by atoms with Gasteiger partial charge in [0.25, 0.3) is 0 Å². The first kappa shape index (κ1) is 13.1. The number of hydrogen-bond acceptors (Lipinski definition) is 5. The van der Waals surface area contributed by atoms with Gasteiger partial charge in [-0.25, -0.2) is 9.97 Å². The molecule has 19 heavy (non-hydrogen) atoms. The van der Waals surface area contributed by atoms with Crippen molar-refractivity contribution in [2.75, 3.05) is 5.32 Å². The lowest BCUT2D eigenvalue weighted by molar-refractivity contribution is 0.763. The summed E-state index contributed by atoms with van der Waals surface area (Å²) in [5.74, 6) is 0.688. The molecule has 1 aliphatic carbocycles. The van der Waals surface area contributed by atoms with E-state index in [1.165, 1.54) is 23.4 Å². The molecule has 2 heterocycles. The molecule has 0 spiro atoms. The van der Waals surface area contributed by atoms with E-state index in [-0.39, 0.29) is 0 Å². The summed E-state index contributed by atoms with van der Waals surface area (Å²) in [5.41, 5.74) is 2.38. The minimum atomic E-state index is 0.477.